The summed E-state index contributed by atoms with van der Waals surface area (Å²) in [7, 11) is 5.20. The van der Waals surface area contributed by atoms with E-state index in [-0.39, 0.29) is 31.4 Å². The Balaban J connectivity index is 2.18. The van der Waals surface area contributed by atoms with E-state index < -0.39 is 108 Å². The van der Waals surface area contributed by atoms with Gasteiger partial charge in [0.25, 0.3) is 0 Å². The largest absolute Gasteiger partial charge is 0.459 e. The van der Waals surface area contributed by atoms with Crippen LogP contribution in [0.3, 0.4) is 0 Å². The number of aliphatic hydroxyl groups is 6. The van der Waals surface area contributed by atoms with E-state index in [1.54, 1.807) is 55.4 Å². The molecule has 19 atom stereocenters. The fourth-order valence-electron chi connectivity index (χ4n) is 8.59. The number of rotatable bonds is 7. The van der Waals surface area contributed by atoms with Crippen molar-refractivity contribution in [1.29, 1.82) is 0 Å². The summed E-state index contributed by atoms with van der Waals surface area (Å²) in [4.78, 5) is 16.0. The molecule has 3 aliphatic rings. The van der Waals surface area contributed by atoms with E-state index >= 15 is 0 Å². The molecule has 0 aromatic heterocycles. The molecule has 3 heterocycles. The zero-order valence-electron chi connectivity index (χ0n) is 33.1. The van der Waals surface area contributed by atoms with Crippen molar-refractivity contribution in [3.8, 4) is 0 Å². The zero-order valence-corrected chi connectivity index (χ0v) is 33.1. The number of esters is 1. The number of methoxy groups -OCH3 is 1. The monoisotopic (exact) mass is 735 g/mol. The van der Waals surface area contributed by atoms with Gasteiger partial charge in [0, 0.05) is 31.4 Å². The highest BCUT2D eigenvalue weighted by Crippen LogP contribution is 2.41. The molecule has 0 aromatic carbocycles. The lowest BCUT2D eigenvalue weighted by Crippen LogP contribution is -2.61. The number of ether oxygens (including phenoxy) is 6. The van der Waals surface area contributed by atoms with Gasteiger partial charge in [-0.05, 0) is 80.8 Å². The van der Waals surface area contributed by atoms with Crippen LogP contribution in [-0.4, -0.2) is 153 Å². The first kappa shape index (κ1) is 44.4. The molecule has 3 rings (SSSR count). The molecule has 300 valence electrons. The van der Waals surface area contributed by atoms with E-state index in [4.69, 9.17) is 28.4 Å². The van der Waals surface area contributed by atoms with E-state index in [1.165, 1.54) is 14.0 Å². The quantitative estimate of drug-likeness (QED) is 0.206. The van der Waals surface area contributed by atoms with E-state index in [2.05, 4.69) is 0 Å². The molecule has 3 fully saturated rings. The number of carbonyl (C=O) groups excluding carboxylic acids is 1. The smallest absolute Gasteiger partial charge is 0.311 e. The summed E-state index contributed by atoms with van der Waals surface area (Å²) < 4.78 is 37.2. The molecular formula is C37H69NO13. The Morgan fingerprint density at radius 3 is 2.02 bits per heavy atom. The second kappa shape index (κ2) is 17.2. The fraction of sp³-hybridized carbons (Fsp3) is 0.973. The molecule has 14 heteroatoms. The normalized spacial score (nSPS) is 51.2. The summed E-state index contributed by atoms with van der Waals surface area (Å²) in [5, 5.41) is 69.3. The summed E-state index contributed by atoms with van der Waals surface area (Å²) in [5.74, 6) is -4.11. The van der Waals surface area contributed by atoms with E-state index in [9.17, 15) is 35.4 Å². The number of nitrogens with zero attached hydrogens (tertiary/aromatic N) is 1. The Morgan fingerprint density at radius 2 is 1.47 bits per heavy atom. The Morgan fingerprint density at radius 1 is 0.863 bits per heavy atom. The van der Waals surface area contributed by atoms with Gasteiger partial charge < -0.3 is 64.0 Å². The van der Waals surface area contributed by atoms with Crippen LogP contribution in [0.1, 0.15) is 94.9 Å². The van der Waals surface area contributed by atoms with E-state index in [0.29, 0.717) is 6.42 Å². The third-order valence-corrected chi connectivity index (χ3v) is 12.0. The lowest BCUT2D eigenvalue weighted by atomic mass is 9.73. The van der Waals surface area contributed by atoms with Gasteiger partial charge in [-0.3, -0.25) is 4.79 Å². The molecular weight excluding hydrogens is 666 g/mol. The molecule has 0 spiro atoms. The van der Waals surface area contributed by atoms with Crippen LogP contribution >= 0.6 is 0 Å². The Bertz CT molecular complexity index is 1120. The lowest BCUT2D eigenvalue weighted by Gasteiger charge is -2.49. The number of hydrogen-bond acceptors (Lipinski definition) is 14. The minimum Gasteiger partial charge on any atom is -0.459 e. The van der Waals surface area contributed by atoms with Crippen LogP contribution in [0.5, 0.6) is 0 Å². The predicted molar refractivity (Wildman–Crippen MR) is 187 cm³/mol. The highest BCUT2D eigenvalue weighted by molar-refractivity contribution is 5.73. The van der Waals surface area contributed by atoms with Gasteiger partial charge in [0.2, 0.25) is 0 Å². The standard InChI is InChI=1S/C37H69NO13/c1-14-25-37(10,45)30(41)20(4)27(39)18(2)16-35(8,44)32(51-34-28(40)24(38(11)12)15-19(3)47-34)21(5)29(22(6)33(43)49-25)50-26-17-36(9,46-13)31(42)23(7)48-26/h18-32,34,39-42,44-45H,14-17H2,1-13H3/t18-,19-,20+,21+,22-,23+,24+,25-,26+,27+,28-,29+,30-,31+,32-,34+,35-,36+,37-/m1/s1. The Labute approximate surface area is 304 Å². The first-order valence-electron chi connectivity index (χ1n) is 18.6. The molecule has 0 saturated carbocycles. The number of aliphatic hydroxyl groups excluding tert-OH is 4. The second-order valence-corrected chi connectivity index (χ2v) is 16.7. The SMILES string of the molecule is CC[C@H]1OC(=O)[C@H](C)[C@@H](O[C@H]2C[C@](C)(OC)[C@@H](O)[C@H](C)O2)[C@H](C)[C@@H](O[C@@H]2O[C@H](C)C[C@H](N(C)C)[C@H]2O)[C@](C)(O)C[C@@H](C)[C@H](O)[C@H](C)[C@@H](O)[C@]1(C)O. The Kier molecular flexibility index (Phi) is 15.0. The maximum absolute atomic E-state index is 14.1. The van der Waals surface area contributed by atoms with Crippen LogP contribution in [0, 0.1) is 23.7 Å². The van der Waals surface area contributed by atoms with Crippen molar-refractivity contribution in [3.63, 3.8) is 0 Å². The predicted octanol–water partition coefficient (Wildman–Crippen LogP) is 1.58. The molecule has 3 saturated heterocycles. The Hall–Kier alpha value is -1.01. The van der Waals surface area contributed by atoms with Crippen molar-refractivity contribution in [2.45, 2.75) is 185 Å². The van der Waals surface area contributed by atoms with E-state index in [0.717, 1.165) is 0 Å². The van der Waals surface area contributed by atoms with Crippen molar-refractivity contribution < 1.29 is 63.9 Å². The van der Waals surface area contributed by atoms with Crippen molar-refractivity contribution in [2.75, 3.05) is 21.2 Å². The van der Waals surface area contributed by atoms with Gasteiger partial charge in [-0.2, -0.15) is 0 Å². The van der Waals surface area contributed by atoms with Crippen molar-refractivity contribution in [2.24, 2.45) is 23.7 Å². The van der Waals surface area contributed by atoms with Crippen molar-refractivity contribution in [1.82, 2.24) is 4.90 Å². The van der Waals surface area contributed by atoms with Gasteiger partial charge in [0.1, 0.15) is 23.9 Å². The molecule has 0 aromatic rings. The lowest BCUT2D eigenvalue weighted by molar-refractivity contribution is -0.318. The van der Waals surface area contributed by atoms with Gasteiger partial charge in [0.05, 0.1) is 53.7 Å². The van der Waals surface area contributed by atoms with Crippen molar-refractivity contribution >= 4 is 5.97 Å². The van der Waals surface area contributed by atoms with Gasteiger partial charge in [-0.25, -0.2) is 0 Å². The summed E-state index contributed by atoms with van der Waals surface area (Å²) >= 11 is 0. The molecule has 0 bridgehead atoms. The topological polar surface area (TPSA) is 197 Å². The molecule has 6 N–H and O–H groups in total. The van der Waals surface area contributed by atoms with E-state index in [1.807, 2.05) is 25.9 Å². The third kappa shape index (κ3) is 9.63. The van der Waals surface area contributed by atoms with Crippen LogP contribution in [0.15, 0.2) is 0 Å². The number of likely N-dealkylation sites (N-methyl/N-ethyl adjacent to an activating group) is 1. The number of cyclic esters (lactones) is 1. The van der Waals surface area contributed by atoms with Crippen molar-refractivity contribution in [3.05, 3.63) is 0 Å². The first-order chi connectivity index (χ1) is 23.4. The first-order valence-corrected chi connectivity index (χ1v) is 18.6. The molecule has 51 heavy (non-hydrogen) atoms. The highest BCUT2D eigenvalue weighted by Gasteiger charge is 2.53. The molecule has 0 radical (unpaired) electrons. The van der Waals surface area contributed by atoms with Gasteiger partial charge in [0.15, 0.2) is 12.6 Å². The van der Waals surface area contributed by atoms with Gasteiger partial charge >= 0.3 is 5.97 Å². The van der Waals surface area contributed by atoms with Crippen LogP contribution < -0.4 is 0 Å². The van der Waals surface area contributed by atoms with Crippen LogP contribution in [0.25, 0.3) is 0 Å². The fourth-order valence-corrected chi connectivity index (χ4v) is 8.59. The average Bonchev–Trinajstić information content (AvgIpc) is 3.05. The van der Waals surface area contributed by atoms with Crippen LogP contribution in [0.2, 0.25) is 0 Å². The summed E-state index contributed by atoms with van der Waals surface area (Å²) in [6.45, 7) is 16.7. The van der Waals surface area contributed by atoms with Gasteiger partial charge in [-0.1, -0.05) is 27.7 Å². The van der Waals surface area contributed by atoms with Crippen LogP contribution in [-0.2, 0) is 33.2 Å². The molecule has 3 aliphatic heterocycles. The number of carbonyl (C=O) groups is 1. The second-order valence-electron chi connectivity index (χ2n) is 16.7. The summed E-state index contributed by atoms with van der Waals surface area (Å²) in [5.41, 5.74) is -4.71. The third-order valence-electron chi connectivity index (χ3n) is 12.0. The maximum Gasteiger partial charge on any atom is 0.311 e. The molecule has 14 nitrogen and oxygen atoms in total. The molecule has 0 amide bonds. The highest BCUT2D eigenvalue weighted by atomic mass is 16.7. The minimum absolute atomic E-state index is 0.0362. The minimum atomic E-state index is -1.93. The summed E-state index contributed by atoms with van der Waals surface area (Å²) in [6.07, 6.45) is -10.5. The number of hydrogen-bond donors (Lipinski definition) is 6. The average molecular weight is 736 g/mol. The maximum atomic E-state index is 14.1. The zero-order chi connectivity index (χ0) is 39.0. The van der Waals surface area contributed by atoms with Gasteiger partial charge in [-0.15, -0.1) is 0 Å². The summed E-state index contributed by atoms with van der Waals surface area (Å²) in [6, 6.07) is -0.310. The molecule has 0 unspecified atom stereocenters. The molecule has 0 aliphatic carbocycles. The van der Waals surface area contributed by atoms with Crippen LogP contribution in [0.4, 0.5) is 0 Å².